The Bertz CT molecular complexity index is 1500. The van der Waals surface area contributed by atoms with Crippen molar-refractivity contribution in [3.63, 3.8) is 0 Å². The average molecular weight is 468 g/mol. The zero-order chi connectivity index (χ0) is 23.5. The fourth-order valence-electron chi connectivity index (χ4n) is 3.33. The second kappa shape index (κ2) is 9.29. The summed E-state index contributed by atoms with van der Waals surface area (Å²) in [5.41, 5.74) is 4.19. The molecular weight excluding hydrogens is 446 g/mol. The number of H-pyrrole nitrogens is 1. The van der Waals surface area contributed by atoms with Gasteiger partial charge in [-0.2, -0.15) is 9.80 Å². The Balaban J connectivity index is 1.34. The van der Waals surface area contributed by atoms with Crippen LogP contribution in [0.25, 0.3) is 16.4 Å². The number of aryl methyl sites for hydroxylation is 2. The molecule has 8 heteroatoms. The van der Waals surface area contributed by atoms with Gasteiger partial charge >= 0.3 is 5.56 Å². The molecule has 0 atom stereocenters. The van der Waals surface area contributed by atoms with Gasteiger partial charge in [0.15, 0.2) is 5.69 Å². The van der Waals surface area contributed by atoms with Crippen LogP contribution in [0.3, 0.4) is 0 Å². The third kappa shape index (κ3) is 4.57. The van der Waals surface area contributed by atoms with E-state index in [1.807, 2.05) is 79.0 Å². The molecule has 7 nitrogen and oxygen atoms in total. The number of aromatic amines is 1. The van der Waals surface area contributed by atoms with Crippen LogP contribution in [0.15, 0.2) is 99.3 Å². The van der Waals surface area contributed by atoms with Crippen LogP contribution in [0.5, 0.6) is 11.5 Å². The summed E-state index contributed by atoms with van der Waals surface area (Å²) >= 11 is 1.39. The molecule has 0 radical (unpaired) electrons. The molecule has 0 amide bonds. The van der Waals surface area contributed by atoms with Crippen molar-refractivity contribution in [2.75, 3.05) is 0 Å². The lowest BCUT2D eigenvalue weighted by Crippen LogP contribution is -2.13. The fraction of sp³-hybridized carbons (Fsp3) is 0.0769. The maximum atomic E-state index is 13.0. The minimum absolute atomic E-state index is 0.247. The van der Waals surface area contributed by atoms with Gasteiger partial charge in [-0.3, -0.25) is 9.89 Å². The van der Waals surface area contributed by atoms with Gasteiger partial charge in [0.05, 0.1) is 17.1 Å². The predicted molar refractivity (Wildman–Crippen MR) is 134 cm³/mol. The highest BCUT2D eigenvalue weighted by Gasteiger charge is 2.15. The van der Waals surface area contributed by atoms with E-state index in [-0.39, 0.29) is 11.2 Å². The number of aromatic nitrogens is 3. The third-order valence-corrected chi connectivity index (χ3v) is 5.98. The maximum Gasteiger partial charge on any atom is 0.301 e. The van der Waals surface area contributed by atoms with Crippen molar-refractivity contribution in [3.8, 4) is 27.9 Å². The van der Waals surface area contributed by atoms with Crippen LogP contribution in [-0.4, -0.2) is 14.8 Å². The van der Waals surface area contributed by atoms with Gasteiger partial charge in [0.1, 0.15) is 11.5 Å². The number of para-hydroxylation sites is 1. The van der Waals surface area contributed by atoms with Gasteiger partial charge in [-0.25, -0.2) is 4.98 Å². The molecule has 5 aromatic rings. The summed E-state index contributed by atoms with van der Waals surface area (Å²) in [4.78, 5) is 17.6. The van der Waals surface area contributed by atoms with Crippen LogP contribution < -0.4 is 10.3 Å². The van der Waals surface area contributed by atoms with E-state index in [1.54, 1.807) is 19.1 Å². The van der Waals surface area contributed by atoms with Crippen molar-refractivity contribution in [1.82, 2.24) is 14.8 Å². The molecule has 0 saturated heterocycles. The molecule has 2 heterocycles. The van der Waals surface area contributed by atoms with Crippen LogP contribution >= 0.6 is 11.3 Å². The van der Waals surface area contributed by atoms with Crippen molar-refractivity contribution in [3.05, 3.63) is 106 Å². The van der Waals surface area contributed by atoms with E-state index >= 15 is 0 Å². The number of rotatable bonds is 6. The number of hydrogen-bond donors (Lipinski definition) is 1. The summed E-state index contributed by atoms with van der Waals surface area (Å²) in [6, 6.07) is 24.9. The Morgan fingerprint density at radius 3 is 2.32 bits per heavy atom. The quantitative estimate of drug-likeness (QED) is 0.270. The summed E-state index contributed by atoms with van der Waals surface area (Å²) in [7, 11) is 0. The molecule has 0 saturated carbocycles. The first-order valence-corrected chi connectivity index (χ1v) is 11.5. The predicted octanol–water partition coefficient (Wildman–Crippen LogP) is 7.11. The lowest BCUT2D eigenvalue weighted by molar-refractivity contribution is 0.483. The van der Waals surface area contributed by atoms with Crippen molar-refractivity contribution in [2.24, 2.45) is 10.2 Å². The van der Waals surface area contributed by atoms with Crippen molar-refractivity contribution in [1.29, 1.82) is 0 Å². The summed E-state index contributed by atoms with van der Waals surface area (Å²) in [6.45, 7) is 3.83. The molecule has 168 valence electrons. The SMILES string of the molecule is Cc1ccc(-c2csc(-n3[nH]c(C)c(N=Nc4ccc(Oc5ccccc5)cc4)c3=O)n2)cc1. The standard InChI is InChI=1S/C26H21N5O2S/c1-17-8-10-19(11-9-17)23-16-34-26(27-23)31-25(32)24(18(2)30-31)29-28-20-12-14-22(15-13-20)33-21-6-4-3-5-7-21/h3-16,30H,1-2H3. The number of benzene rings is 3. The highest BCUT2D eigenvalue weighted by Crippen LogP contribution is 2.27. The van der Waals surface area contributed by atoms with E-state index in [1.165, 1.54) is 21.6 Å². The van der Waals surface area contributed by atoms with Gasteiger partial charge in [-0.05, 0) is 50.2 Å². The molecule has 0 spiro atoms. The van der Waals surface area contributed by atoms with Crippen LogP contribution in [0, 0.1) is 13.8 Å². The number of hydrogen-bond acceptors (Lipinski definition) is 6. The van der Waals surface area contributed by atoms with Crippen molar-refractivity contribution in [2.45, 2.75) is 13.8 Å². The maximum absolute atomic E-state index is 13.0. The molecule has 5 rings (SSSR count). The van der Waals surface area contributed by atoms with Gasteiger partial charge in [0.2, 0.25) is 5.13 Å². The van der Waals surface area contributed by atoms with Crippen molar-refractivity contribution < 1.29 is 4.74 Å². The minimum Gasteiger partial charge on any atom is -0.457 e. The lowest BCUT2D eigenvalue weighted by Gasteiger charge is -2.04. The molecule has 0 unspecified atom stereocenters. The monoisotopic (exact) mass is 467 g/mol. The Morgan fingerprint density at radius 2 is 1.59 bits per heavy atom. The van der Waals surface area contributed by atoms with E-state index in [4.69, 9.17) is 4.74 Å². The Kier molecular flexibility index (Phi) is 5.88. The number of azo groups is 1. The van der Waals surface area contributed by atoms with E-state index < -0.39 is 0 Å². The highest BCUT2D eigenvalue weighted by atomic mass is 32.1. The Morgan fingerprint density at radius 1 is 0.882 bits per heavy atom. The molecule has 0 fully saturated rings. The molecule has 0 aliphatic rings. The van der Waals surface area contributed by atoms with Crippen molar-refractivity contribution >= 4 is 22.7 Å². The molecule has 3 aromatic carbocycles. The second-order valence-corrected chi connectivity index (χ2v) is 8.55. The molecular formula is C26H21N5O2S. The lowest BCUT2D eigenvalue weighted by atomic mass is 10.1. The van der Waals surface area contributed by atoms with Crippen LogP contribution in [0.1, 0.15) is 11.3 Å². The molecule has 0 aliphatic carbocycles. The van der Waals surface area contributed by atoms with E-state index in [0.29, 0.717) is 22.3 Å². The first kappa shape index (κ1) is 21.5. The summed E-state index contributed by atoms with van der Waals surface area (Å²) in [5, 5.41) is 14.0. The van der Waals surface area contributed by atoms with E-state index in [2.05, 4.69) is 20.3 Å². The van der Waals surface area contributed by atoms with E-state index in [0.717, 1.165) is 17.0 Å². The molecule has 0 bridgehead atoms. The number of nitrogens with zero attached hydrogens (tertiary/aromatic N) is 4. The summed E-state index contributed by atoms with van der Waals surface area (Å²) < 4.78 is 7.20. The van der Waals surface area contributed by atoms with Crippen LogP contribution in [0.4, 0.5) is 11.4 Å². The molecule has 2 aromatic heterocycles. The van der Waals surface area contributed by atoms with E-state index in [9.17, 15) is 4.79 Å². The minimum atomic E-state index is -0.296. The second-order valence-electron chi connectivity index (χ2n) is 7.72. The molecule has 1 N–H and O–H groups in total. The van der Waals surface area contributed by atoms with Gasteiger partial charge in [-0.15, -0.1) is 16.5 Å². The van der Waals surface area contributed by atoms with Gasteiger partial charge in [0, 0.05) is 10.9 Å². The van der Waals surface area contributed by atoms with Gasteiger partial charge in [-0.1, -0.05) is 48.0 Å². The van der Waals surface area contributed by atoms with Gasteiger partial charge < -0.3 is 4.74 Å². The van der Waals surface area contributed by atoms with Crippen LogP contribution in [0.2, 0.25) is 0 Å². The third-order valence-electron chi connectivity index (χ3n) is 5.15. The topological polar surface area (TPSA) is 84.6 Å². The van der Waals surface area contributed by atoms with Crippen LogP contribution in [-0.2, 0) is 0 Å². The molecule has 34 heavy (non-hydrogen) atoms. The fourth-order valence-corrected chi connectivity index (χ4v) is 4.12. The summed E-state index contributed by atoms with van der Waals surface area (Å²) in [5.74, 6) is 1.45. The first-order chi connectivity index (χ1) is 16.6. The Labute approximate surface area is 200 Å². The van der Waals surface area contributed by atoms with Gasteiger partial charge in [0.25, 0.3) is 0 Å². The number of ether oxygens (including phenoxy) is 1. The zero-order valence-electron chi connectivity index (χ0n) is 18.6. The smallest absolute Gasteiger partial charge is 0.301 e. The summed E-state index contributed by atoms with van der Waals surface area (Å²) in [6.07, 6.45) is 0. The number of thiazole rings is 1. The first-order valence-electron chi connectivity index (χ1n) is 10.7. The number of nitrogens with one attached hydrogen (secondary N) is 1. The largest absolute Gasteiger partial charge is 0.457 e. The molecule has 0 aliphatic heterocycles. The Hall–Kier alpha value is -4.30. The average Bonchev–Trinajstić information content (AvgIpc) is 3.44. The zero-order valence-corrected chi connectivity index (χ0v) is 19.4. The highest BCUT2D eigenvalue weighted by molar-refractivity contribution is 7.12. The normalized spacial score (nSPS) is 11.2.